The van der Waals surface area contributed by atoms with E-state index in [4.69, 9.17) is 11.5 Å². The zero-order valence-electron chi connectivity index (χ0n) is 10.2. The fourth-order valence-electron chi connectivity index (χ4n) is 1.47. The van der Waals surface area contributed by atoms with Crippen LogP contribution in [0.4, 0.5) is 0 Å². The van der Waals surface area contributed by atoms with Gasteiger partial charge >= 0.3 is 0 Å². The monoisotopic (exact) mass is 243 g/mol. The van der Waals surface area contributed by atoms with Crippen LogP contribution in [0.5, 0.6) is 0 Å². The van der Waals surface area contributed by atoms with Crippen LogP contribution in [0.2, 0.25) is 0 Å². The van der Waals surface area contributed by atoms with E-state index >= 15 is 0 Å². The van der Waals surface area contributed by atoms with E-state index in [1.165, 1.54) is 6.92 Å². The maximum Gasteiger partial charge on any atom is 0.236 e. The van der Waals surface area contributed by atoms with E-state index in [1.807, 2.05) is 0 Å². The van der Waals surface area contributed by atoms with Gasteiger partial charge in [-0.2, -0.15) is 0 Å². The summed E-state index contributed by atoms with van der Waals surface area (Å²) in [7, 11) is 0. The summed E-state index contributed by atoms with van der Waals surface area (Å²) in [6.07, 6.45) is 2.18. The van der Waals surface area contributed by atoms with Gasteiger partial charge in [-0.3, -0.25) is 9.59 Å². The number of primary amides is 1. The quantitative estimate of drug-likeness (QED) is 0.497. The Labute approximate surface area is 101 Å². The minimum atomic E-state index is -0.581. The number of Topliss-reactive ketones (excluding diaryl/α,β-unsaturated/α-hetero) is 1. The predicted octanol–water partition coefficient (Wildman–Crippen LogP) is -0.688. The van der Waals surface area contributed by atoms with E-state index in [1.54, 1.807) is 0 Å². The molecule has 0 aliphatic heterocycles. The lowest BCUT2D eigenvalue weighted by Crippen LogP contribution is -2.37. The molecule has 98 valence electrons. The zero-order chi connectivity index (χ0) is 13.3. The summed E-state index contributed by atoms with van der Waals surface area (Å²) < 4.78 is 0. The first kappa shape index (κ1) is 15.6. The third-order valence-corrected chi connectivity index (χ3v) is 2.41. The first-order valence-electron chi connectivity index (χ1n) is 5.73. The summed E-state index contributed by atoms with van der Waals surface area (Å²) in [5.41, 5.74) is 10.3. The van der Waals surface area contributed by atoms with Crippen LogP contribution in [0.1, 0.15) is 32.6 Å². The van der Waals surface area contributed by atoms with Crippen LogP contribution in [-0.4, -0.2) is 30.7 Å². The summed E-state index contributed by atoms with van der Waals surface area (Å²) in [4.78, 5) is 33.1. The topological polar surface area (TPSA) is 115 Å². The minimum absolute atomic E-state index is 0.0467. The highest BCUT2D eigenvalue weighted by atomic mass is 16.2. The molecule has 17 heavy (non-hydrogen) atoms. The van der Waals surface area contributed by atoms with E-state index in [9.17, 15) is 14.4 Å². The summed E-state index contributed by atoms with van der Waals surface area (Å²) in [5.74, 6) is -1.05. The average molecular weight is 243 g/mol. The van der Waals surface area contributed by atoms with E-state index < -0.39 is 5.91 Å². The third-order valence-electron chi connectivity index (χ3n) is 2.41. The fraction of sp³-hybridized carbons (Fsp3) is 0.727. The second kappa shape index (κ2) is 8.69. The van der Waals surface area contributed by atoms with Crippen molar-refractivity contribution < 1.29 is 14.4 Å². The van der Waals surface area contributed by atoms with Gasteiger partial charge in [-0.05, 0) is 32.7 Å². The van der Waals surface area contributed by atoms with Gasteiger partial charge in [-0.15, -0.1) is 0 Å². The SMILES string of the molecule is CC(=O)CC[C@@H](CCCN)C(=O)NCC(N)=O. The van der Waals surface area contributed by atoms with Crippen LogP contribution in [0.25, 0.3) is 0 Å². The van der Waals surface area contributed by atoms with Gasteiger partial charge in [-0.25, -0.2) is 0 Å². The van der Waals surface area contributed by atoms with Crippen molar-refractivity contribution in [1.82, 2.24) is 5.32 Å². The number of hydrogen-bond acceptors (Lipinski definition) is 4. The molecule has 0 fully saturated rings. The van der Waals surface area contributed by atoms with Gasteiger partial charge in [-0.1, -0.05) is 0 Å². The molecule has 0 spiro atoms. The number of amides is 2. The fourth-order valence-corrected chi connectivity index (χ4v) is 1.47. The van der Waals surface area contributed by atoms with E-state index in [2.05, 4.69) is 5.32 Å². The highest BCUT2D eigenvalue weighted by Crippen LogP contribution is 2.13. The Morgan fingerprint density at radius 1 is 1.24 bits per heavy atom. The second-order valence-electron chi connectivity index (χ2n) is 4.05. The molecular weight excluding hydrogens is 222 g/mol. The number of carbonyl (C=O) groups excluding carboxylic acids is 3. The van der Waals surface area contributed by atoms with Gasteiger partial charge < -0.3 is 21.6 Å². The molecular formula is C11H21N3O3. The Kier molecular flexibility index (Phi) is 7.96. The standard InChI is InChI=1S/C11H21N3O3/c1-8(15)4-5-9(3-2-6-12)11(17)14-7-10(13)16/h9H,2-7,12H2,1H3,(H2,13,16)(H,14,17)/t9-/m1/s1. The van der Waals surface area contributed by atoms with Crippen LogP contribution >= 0.6 is 0 Å². The molecule has 5 N–H and O–H groups in total. The Morgan fingerprint density at radius 3 is 2.35 bits per heavy atom. The second-order valence-corrected chi connectivity index (χ2v) is 4.05. The van der Waals surface area contributed by atoms with Gasteiger partial charge in [0.15, 0.2) is 0 Å². The average Bonchev–Trinajstić information content (AvgIpc) is 2.25. The molecule has 0 bridgehead atoms. The Balaban J connectivity index is 4.18. The smallest absolute Gasteiger partial charge is 0.236 e. The molecule has 0 heterocycles. The van der Waals surface area contributed by atoms with Crippen LogP contribution in [0.15, 0.2) is 0 Å². The van der Waals surface area contributed by atoms with Gasteiger partial charge in [0.2, 0.25) is 11.8 Å². The molecule has 0 unspecified atom stereocenters. The van der Waals surface area contributed by atoms with Crippen LogP contribution in [-0.2, 0) is 14.4 Å². The Bertz CT molecular complexity index is 279. The maximum atomic E-state index is 11.7. The van der Waals surface area contributed by atoms with Gasteiger partial charge in [0, 0.05) is 12.3 Å². The maximum absolute atomic E-state index is 11.7. The molecule has 0 aliphatic rings. The van der Waals surface area contributed by atoms with Crippen molar-refractivity contribution >= 4 is 17.6 Å². The predicted molar refractivity (Wildman–Crippen MR) is 63.9 cm³/mol. The van der Waals surface area contributed by atoms with E-state index in [-0.39, 0.29) is 24.2 Å². The Hall–Kier alpha value is -1.43. The number of ketones is 1. The van der Waals surface area contributed by atoms with Crippen molar-refractivity contribution in [3.63, 3.8) is 0 Å². The van der Waals surface area contributed by atoms with Crippen LogP contribution < -0.4 is 16.8 Å². The molecule has 1 atom stereocenters. The molecule has 0 aliphatic carbocycles. The molecule has 0 aromatic carbocycles. The molecule has 0 saturated heterocycles. The molecule has 0 radical (unpaired) electrons. The summed E-state index contributed by atoms with van der Waals surface area (Å²) in [6.45, 7) is 1.82. The van der Waals surface area contributed by atoms with Crippen molar-refractivity contribution in [2.75, 3.05) is 13.1 Å². The number of nitrogens with two attached hydrogens (primary N) is 2. The van der Waals surface area contributed by atoms with Crippen molar-refractivity contribution in [3.05, 3.63) is 0 Å². The van der Waals surface area contributed by atoms with Gasteiger partial charge in [0.25, 0.3) is 0 Å². The lowest BCUT2D eigenvalue weighted by atomic mass is 9.95. The molecule has 0 aromatic heterocycles. The minimum Gasteiger partial charge on any atom is -0.368 e. The van der Waals surface area contributed by atoms with Gasteiger partial charge in [0.1, 0.15) is 5.78 Å². The highest BCUT2D eigenvalue weighted by molar-refractivity contribution is 5.85. The van der Waals surface area contributed by atoms with Crippen molar-refractivity contribution in [2.24, 2.45) is 17.4 Å². The number of carbonyl (C=O) groups is 3. The van der Waals surface area contributed by atoms with Gasteiger partial charge in [0.05, 0.1) is 6.54 Å². The molecule has 0 rings (SSSR count). The van der Waals surface area contributed by atoms with Crippen molar-refractivity contribution in [3.8, 4) is 0 Å². The van der Waals surface area contributed by atoms with Crippen molar-refractivity contribution in [1.29, 1.82) is 0 Å². The summed E-state index contributed by atoms with van der Waals surface area (Å²) in [5, 5.41) is 2.45. The molecule has 6 heteroatoms. The van der Waals surface area contributed by atoms with Crippen molar-refractivity contribution in [2.45, 2.75) is 32.6 Å². The summed E-state index contributed by atoms with van der Waals surface area (Å²) in [6, 6.07) is 0. The molecule has 6 nitrogen and oxygen atoms in total. The van der Waals surface area contributed by atoms with E-state index in [0.29, 0.717) is 32.2 Å². The third kappa shape index (κ3) is 8.38. The van der Waals surface area contributed by atoms with Crippen LogP contribution in [0.3, 0.4) is 0 Å². The molecule has 0 saturated carbocycles. The first-order chi connectivity index (χ1) is 7.97. The lowest BCUT2D eigenvalue weighted by Gasteiger charge is -2.15. The highest BCUT2D eigenvalue weighted by Gasteiger charge is 2.18. The van der Waals surface area contributed by atoms with Crippen LogP contribution in [0, 0.1) is 5.92 Å². The number of rotatable bonds is 9. The normalized spacial score (nSPS) is 11.9. The zero-order valence-corrected chi connectivity index (χ0v) is 10.2. The lowest BCUT2D eigenvalue weighted by molar-refractivity contribution is -0.128. The first-order valence-corrected chi connectivity index (χ1v) is 5.73. The molecule has 2 amide bonds. The number of nitrogens with one attached hydrogen (secondary N) is 1. The number of hydrogen-bond donors (Lipinski definition) is 3. The Morgan fingerprint density at radius 2 is 1.88 bits per heavy atom. The largest absolute Gasteiger partial charge is 0.368 e. The van der Waals surface area contributed by atoms with E-state index in [0.717, 1.165) is 0 Å². The summed E-state index contributed by atoms with van der Waals surface area (Å²) >= 11 is 0. The molecule has 0 aromatic rings.